The van der Waals surface area contributed by atoms with Crippen LogP contribution in [0, 0.1) is 0 Å². The lowest BCUT2D eigenvalue weighted by molar-refractivity contribution is -0.133. The van der Waals surface area contributed by atoms with Crippen LogP contribution >= 0.6 is 11.3 Å². The Kier molecular flexibility index (Phi) is 6.17. The summed E-state index contributed by atoms with van der Waals surface area (Å²) in [5, 5.41) is 11.7. The highest BCUT2D eigenvalue weighted by Crippen LogP contribution is 2.22. The zero-order chi connectivity index (χ0) is 18.7. The molecule has 0 aliphatic rings. The van der Waals surface area contributed by atoms with E-state index in [2.05, 4.69) is 4.72 Å². The van der Waals surface area contributed by atoms with Gasteiger partial charge < -0.3 is 4.74 Å². The zero-order valence-corrected chi connectivity index (χ0v) is 15.9. The van der Waals surface area contributed by atoms with Crippen LogP contribution in [0.5, 0.6) is 0 Å². The Balaban J connectivity index is 2.11. The normalized spacial score (nSPS) is 13.8. The van der Waals surface area contributed by atoms with Gasteiger partial charge in [-0.2, -0.15) is 4.72 Å². The topological polar surface area (TPSA) is 105 Å². The van der Waals surface area contributed by atoms with Gasteiger partial charge in [0.05, 0.1) is 18.0 Å². The molecule has 0 aliphatic heterocycles. The average Bonchev–Trinajstić information content (AvgIpc) is 2.96. The maximum atomic E-state index is 12.4. The van der Waals surface area contributed by atoms with Crippen LogP contribution < -0.4 is 10.2 Å². The van der Waals surface area contributed by atoms with Gasteiger partial charge in [0.15, 0.2) is 0 Å². The number of carbonyl (C=O) groups is 1. The minimum Gasteiger partial charge on any atom is -0.374 e. The molecule has 1 heterocycles. The number of ether oxygens (including phenoxy) is 1. The Morgan fingerprint density at radius 2 is 2.04 bits per heavy atom. The fourth-order valence-corrected chi connectivity index (χ4v) is 4.24. The highest BCUT2D eigenvalue weighted by Gasteiger charge is 2.26. The van der Waals surface area contributed by atoms with E-state index in [0.717, 1.165) is 10.1 Å². The molecule has 0 aliphatic carbocycles. The number of benzene rings is 1. The molecule has 138 valence electrons. The Morgan fingerprint density at radius 1 is 1.32 bits per heavy atom. The van der Waals surface area contributed by atoms with Gasteiger partial charge in [-0.3, -0.25) is 10.0 Å². The molecule has 3 N–H and O–H groups in total. The monoisotopic (exact) mass is 386 g/mol. The summed E-state index contributed by atoms with van der Waals surface area (Å²) in [4.78, 5) is 11.7. The van der Waals surface area contributed by atoms with E-state index in [9.17, 15) is 13.2 Å². The van der Waals surface area contributed by atoms with Crippen molar-refractivity contribution < 1.29 is 23.2 Å². The third kappa shape index (κ3) is 6.05. The summed E-state index contributed by atoms with van der Waals surface area (Å²) in [6.45, 7) is 5.15. The fraction of sp³-hybridized carbons (Fsp3) is 0.438. The molecule has 2 rings (SSSR count). The van der Waals surface area contributed by atoms with Crippen molar-refractivity contribution >= 4 is 37.4 Å². The molecule has 1 aromatic carbocycles. The summed E-state index contributed by atoms with van der Waals surface area (Å²) >= 11 is 1.58. The number of carbonyl (C=O) groups excluding carboxylic acids is 1. The molecule has 1 unspecified atom stereocenters. The first-order valence-corrected chi connectivity index (χ1v) is 10.2. The van der Waals surface area contributed by atoms with Crippen molar-refractivity contribution in [3.05, 3.63) is 35.2 Å². The first-order chi connectivity index (χ1) is 11.6. The molecular formula is C16H22N2O5S2. The van der Waals surface area contributed by atoms with E-state index in [1.54, 1.807) is 44.2 Å². The van der Waals surface area contributed by atoms with Gasteiger partial charge in [-0.15, -0.1) is 11.3 Å². The van der Waals surface area contributed by atoms with Gasteiger partial charge in [0.2, 0.25) is 10.0 Å². The minimum absolute atomic E-state index is 0.196. The van der Waals surface area contributed by atoms with Gasteiger partial charge in [-0.1, -0.05) is 6.07 Å². The van der Waals surface area contributed by atoms with E-state index in [1.807, 2.05) is 17.5 Å². The average molecular weight is 386 g/mol. The highest BCUT2D eigenvalue weighted by molar-refractivity contribution is 7.88. The van der Waals surface area contributed by atoms with Crippen molar-refractivity contribution in [3.8, 4) is 0 Å². The molecule has 0 bridgehead atoms. The van der Waals surface area contributed by atoms with Crippen molar-refractivity contribution in [1.29, 1.82) is 0 Å². The number of thiophene rings is 1. The number of hydroxylamine groups is 1. The summed E-state index contributed by atoms with van der Waals surface area (Å²) < 4.78 is 33.6. The van der Waals surface area contributed by atoms with Crippen LogP contribution in [-0.4, -0.2) is 37.8 Å². The van der Waals surface area contributed by atoms with E-state index in [1.165, 1.54) is 5.48 Å². The third-order valence-electron chi connectivity index (χ3n) is 3.31. The molecule has 0 radical (unpaired) electrons. The van der Waals surface area contributed by atoms with Crippen LogP contribution in [0.4, 0.5) is 0 Å². The fourth-order valence-electron chi connectivity index (χ4n) is 2.16. The maximum Gasteiger partial charge on any atom is 0.263 e. The number of rotatable bonds is 7. The molecule has 0 saturated heterocycles. The molecule has 1 aromatic heterocycles. The molecule has 2 aromatic rings. The molecule has 7 nitrogen and oxygen atoms in total. The van der Waals surface area contributed by atoms with Gasteiger partial charge >= 0.3 is 0 Å². The van der Waals surface area contributed by atoms with Gasteiger partial charge in [0.1, 0.15) is 6.04 Å². The van der Waals surface area contributed by atoms with Crippen LogP contribution in [0.1, 0.15) is 26.3 Å². The second kappa shape index (κ2) is 7.79. The van der Waals surface area contributed by atoms with Crippen LogP contribution in [-0.2, 0) is 25.3 Å². The molecule has 1 amide bonds. The maximum absolute atomic E-state index is 12.4. The molecule has 1 atom stereocenters. The van der Waals surface area contributed by atoms with Crippen molar-refractivity contribution in [2.24, 2.45) is 0 Å². The van der Waals surface area contributed by atoms with Gasteiger partial charge in [-0.05, 0) is 55.3 Å². The lowest BCUT2D eigenvalue weighted by Gasteiger charge is -2.24. The number of fused-ring (bicyclic) bond motifs is 1. The predicted molar refractivity (Wildman–Crippen MR) is 97.0 cm³/mol. The summed E-state index contributed by atoms with van der Waals surface area (Å²) in [7, 11) is -3.81. The Bertz CT molecular complexity index is 840. The highest BCUT2D eigenvalue weighted by atomic mass is 32.2. The SMILES string of the molecule is CC(C)(C)OCC(NS(=O)(=O)Cc1ccc2sccc2c1)C(=O)NO. The second-order valence-electron chi connectivity index (χ2n) is 6.62. The standard InChI is InChI=1S/C16H22N2O5S2/c1-16(2,3)23-9-13(15(19)17-20)18-25(21,22)10-11-4-5-14-12(8-11)6-7-24-14/h4-8,13,18,20H,9-10H2,1-3H3,(H,17,19). The summed E-state index contributed by atoms with van der Waals surface area (Å²) in [6, 6.07) is 6.11. The quantitative estimate of drug-likeness (QED) is 0.499. The molecule has 25 heavy (non-hydrogen) atoms. The second-order valence-corrected chi connectivity index (χ2v) is 9.32. The summed E-state index contributed by atoms with van der Waals surface area (Å²) in [6.07, 6.45) is 0. The van der Waals surface area contributed by atoms with Crippen LogP contribution in [0.2, 0.25) is 0 Å². The first-order valence-electron chi connectivity index (χ1n) is 7.64. The van der Waals surface area contributed by atoms with Gasteiger partial charge in [0, 0.05) is 4.70 Å². The smallest absolute Gasteiger partial charge is 0.263 e. The number of hydrogen-bond acceptors (Lipinski definition) is 6. The van der Waals surface area contributed by atoms with Crippen LogP contribution in [0.3, 0.4) is 0 Å². The largest absolute Gasteiger partial charge is 0.374 e. The Morgan fingerprint density at radius 3 is 2.68 bits per heavy atom. The third-order valence-corrected chi connectivity index (χ3v) is 5.56. The molecular weight excluding hydrogens is 364 g/mol. The van der Waals surface area contributed by atoms with Crippen molar-refractivity contribution in [1.82, 2.24) is 10.2 Å². The zero-order valence-electron chi connectivity index (χ0n) is 14.3. The first kappa shape index (κ1) is 19.8. The van der Waals surface area contributed by atoms with Crippen molar-refractivity contribution in [3.63, 3.8) is 0 Å². The lowest BCUT2D eigenvalue weighted by atomic mass is 10.2. The summed E-state index contributed by atoms with van der Waals surface area (Å²) in [5.74, 6) is -1.15. The Hall–Kier alpha value is -1.52. The lowest BCUT2D eigenvalue weighted by Crippen LogP contribution is -2.49. The molecule has 0 fully saturated rings. The molecule has 9 heteroatoms. The number of hydrogen-bond donors (Lipinski definition) is 3. The molecule has 0 spiro atoms. The van der Waals surface area contributed by atoms with Crippen molar-refractivity contribution in [2.45, 2.75) is 38.2 Å². The van der Waals surface area contributed by atoms with Crippen LogP contribution in [0.25, 0.3) is 10.1 Å². The van der Waals surface area contributed by atoms with E-state index >= 15 is 0 Å². The summed E-state index contributed by atoms with van der Waals surface area (Å²) in [5.41, 5.74) is 1.52. The molecule has 0 saturated carbocycles. The van der Waals surface area contributed by atoms with Gasteiger partial charge in [0.25, 0.3) is 5.91 Å². The van der Waals surface area contributed by atoms with E-state index in [-0.39, 0.29) is 12.4 Å². The van der Waals surface area contributed by atoms with Gasteiger partial charge in [-0.25, -0.2) is 13.9 Å². The number of amides is 1. The van der Waals surface area contributed by atoms with Crippen LogP contribution in [0.15, 0.2) is 29.6 Å². The number of nitrogens with one attached hydrogen (secondary N) is 2. The van der Waals surface area contributed by atoms with E-state index in [0.29, 0.717) is 5.56 Å². The Labute approximate surface area is 151 Å². The predicted octanol–water partition coefficient (Wildman–Crippen LogP) is 2.01. The minimum atomic E-state index is -3.81. The van der Waals surface area contributed by atoms with E-state index in [4.69, 9.17) is 9.94 Å². The van der Waals surface area contributed by atoms with Crippen molar-refractivity contribution in [2.75, 3.05) is 6.61 Å². The van der Waals surface area contributed by atoms with E-state index < -0.39 is 27.6 Å². The number of sulfonamides is 1.